The van der Waals surface area contributed by atoms with Gasteiger partial charge in [-0.1, -0.05) is 44.2 Å². The highest BCUT2D eigenvalue weighted by molar-refractivity contribution is 5.64. The number of hydrogen-bond acceptors (Lipinski definition) is 4. The minimum atomic E-state index is 0.669. The van der Waals surface area contributed by atoms with E-state index in [1.54, 1.807) is 0 Å². The Hall–Kier alpha value is -2.10. The minimum absolute atomic E-state index is 0.669. The van der Waals surface area contributed by atoms with E-state index in [-0.39, 0.29) is 0 Å². The van der Waals surface area contributed by atoms with E-state index in [4.69, 9.17) is 9.97 Å². The van der Waals surface area contributed by atoms with Crippen LogP contribution in [0.1, 0.15) is 34.1 Å². The van der Waals surface area contributed by atoms with Crippen molar-refractivity contribution in [3.05, 3.63) is 36.4 Å². The molecule has 1 N–H and O–H groups in total. The summed E-state index contributed by atoms with van der Waals surface area (Å²) in [5.41, 5.74) is 2.09. The first-order valence-electron chi connectivity index (χ1n) is 8.57. The van der Waals surface area contributed by atoms with Crippen LogP contribution in [0, 0.1) is 5.92 Å². The summed E-state index contributed by atoms with van der Waals surface area (Å²) < 4.78 is 0. The van der Waals surface area contributed by atoms with E-state index >= 15 is 0 Å². The lowest BCUT2D eigenvalue weighted by Crippen LogP contribution is -2.23. The predicted octanol–water partition coefficient (Wildman–Crippen LogP) is 4.45. The Balaban J connectivity index is 2.31. The summed E-state index contributed by atoms with van der Waals surface area (Å²) in [4.78, 5) is 11.7. The average Bonchev–Trinajstić information content (AvgIpc) is 2.56. The molecule has 0 aliphatic rings. The Kier molecular flexibility index (Phi) is 6.39. The molecule has 4 nitrogen and oxygen atoms in total. The third-order valence-electron chi connectivity index (χ3n) is 3.87. The molecule has 0 spiro atoms. The van der Waals surface area contributed by atoms with Crippen LogP contribution in [0.2, 0.25) is 0 Å². The zero-order chi connectivity index (χ0) is 16.7. The largest absolute Gasteiger partial charge is 0.357 e. The zero-order valence-corrected chi connectivity index (χ0v) is 14.7. The Labute approximate surface area is 140 Å². The summed E-state index contributed by atoms with van der Waals surface area (Å²) in [6.45, 7) is 11.5. The van der Waals surface area contributed by atoms with Crippen molar-refractivity contribution >= 4 is 11.8 Å². The van der Waals surface area contributed by atoms with E-state index in [0.717, 1.165) is 43.1 Å². The summed E-state index contributed by atoms with van der Waals surface area (Å²) in [6.07, 6.45) is 1.11. The average molecular weight is 312 g/mol. The maximum absolute atomic E-state index is 4.70. The fourth-order valence-corrected chi connectivity index (χ4v) is 2.45. The number of anilines is 2. The molecule has 0 aliphatic carbocycles. The molecule has 1 heterocycles. The Morgan fingerprint density at radius 3 is 2.35 bits per heavy atom. The molecule has 1 aromatic carbocycles. The van der Waals surface area contributed by atoms with Crippen molar-refractivity contribution in [2.75, 3.05) is 29.9 Å². The van der Waals surface area contributed by atoms with Crippen LogP contribution in [0.3, 0.4) is 0 Å². The molecule has 1 aromatic heterocycles. The highest BCUT2D eigenvalue weighted by Crippen LogP contribution is 2.23. The molecule has 0 atom stereocenters. The van der Waals surface area contributed by atoms with Crippen molar-refractivity contribution in [3.8, 4) is 11.3 Å². The zero-order valence-electron chi connectivity index (χ0n) is 14.7. The second-order valence-corrected chi connectivity index (χ2v) is 6.08. The molecule has 0 aliphatic heterocycles. The number of aromatic nitrogens is 2. The van der Waals surface area contributed by atoms with Crippen molar-refractivity contribution in [1.82, 2.24) is 9.97 Å². The van der Waals surface area contributed by atoms with Gasteiger partial charge in [-0.3, -0.25) is 0 Å². The van der Waals surface area contributed by atoms with Gasteiger partial charge in [-0.25, -0.2) is 4.98 Å². The molecule has 0 saturated carbocycles. The van der Waals surface area contributed by atoms with Crippen LogP contribution in [0.5, 0.6) is 0 Å². The van der Waals surface area contributed by atoms with Gasteiger partial charge in [0.25, 0.3) is 0 Å². The van der Waals surface area contributed by atoms with Gasteiger partial charge in [0.1, 0.15) is 5.82 Å². The number of hydrogen-bond donors (Lipinski definition) is 1. The SMILES string of the molecule is CCN(CC)c1cc(-c2ccccc2)nc(NCCC(C)C)n1. The molecule has 0 unspecified atom stereocenters. The summed E-state index contributed by atoms with van der Waals surface area (Å²) in [7, 11) is 0. The van der Waals surface area contributed by atoms with Crippen LogP contribution >= 0.6 is 0 Å². The number of nitrogens with one attached hydrogen (secondary N) is 1. The maximum Gasteiger partial charge on any atom is 0.225 e. The monoisotopic (exact) mass is 312 g/mol. The van der Waals surface area contributed by atoms with Crippen molar-refractivity contribution in [2.24, 2.45) is 5.92 Å². The first-order valence-corrected chi connectivity index (χ1v) is 8.57. The third kappa shape index (κ3) is 4.95. The molecular formula is C19H28N4. The van der Waals surface area contributed by atoms with Gasteiger partial charge in [0.15, 0.2) is 0 Å². The number of rotatable bonds is 8. The molecule has 4 heteroatoms. The van der Waals surface area contributed by atoms with E-state index in [9.17, 15) is 0 Å². The van der Waals surface area contributed by atoms with Crippen LogP contribution in [0.15, 0.2) is 36.4 Å². The lowest BCUT2D eigenvalue weighted by molar-refractivity contribution is 0.606. The van der Waals surface area contributed by atoms with Gasteiger partial charge in [0, 0.05) is 31.3 Å². The van der Waals surface area contributed by atoms with Crippen LogP contribution < -0.4 is 10.2 Å². The highest BCUT2D eigenvalue weighted by atomic mass is 15.2. The predicted molar refractivity (Wildman–Crippen MR) is 99.0 cm³/mol. The van der Waals surface area contributed by atoms with Gasteiger partial charge in [-0.15, -0.1) is 0 Å². The van der Waals surface area contributed by atoms with Crippen molar-refractivity contribution in [3.63, 3.8) is 0 Å². The second kappa shape index (κ2) is 8.51. The second-order valence-electron chi connectivity index (χ2n) is 6.08. The van der Waals surface area contributed by atoms with E-state index in [1.165, 1.54) is 0 Å². The fourth-order valence-electron chi connectivity index (χ4n) is 2.45. The van der Waals surface area contributed by atoms with Crippen LogP contribution in [0.4, 0.5) is 11.8 Å². The molecule has 0 bridgehead atoms. The van der Waals surface area contributed by atoms with Gasteiger partial charge in [-0.05, 0) is 26.2 Å². The van der Waals surface area contributed by atoms with Gasteiger partial charge in [0.05, 0.1) is 5.69 Å². The number of nitrogens with zero attached hydrogens (tertiary/aromatic N) is 3. The molecule has 2 rings (SSSR count). The lowest BCUT2D eigenvalue weighted by atomic mass is 10.1. The van der Waals surface area contributed by atoms with Gasteiger partial charge < -0.3 is 10.2 Å². The van der Waals surface area contributed by atoms with Crippen molar-refractivity contribution < 1.29 is 0 Å². The van der Waals surface area contributed by atoms with Crippen LogP contribution in [-0.2, 0) is 0 Å². The van der Waals surface area contributed by atoms with E-state index in [0.29, 0.717) is 11.9 Å². The number of benzene rings is 1. The lowest BCUT2D eigenvalue weighted by Gasteiger charge is -2.21. The van der Waals surface area contributed by atoms with E-state index < -0.39 is 0 Å². The first kappa shape index (κ1) is 17.3. The Morgan fingerprint density at radius 2 is 1.74 bits per heavy atom. The van der Waals surface area contributed by atoms with Gasteiger partial charge in [-0.2, -0.15) is 4.98 Å². The molecule has 23 heavy (non-hydrogen) atoms. The third-order valence-corrected chi connectivity index (χ3v) is 3.87. The molecular weight excluding hydrogens is 284 g/mol. The summed E-state index contributed by atoms with van der Waals surface area (Å²) in [5, 5.41) is 3.38. The van der Waals surface area contributed by atoms with Crippen LogP contribution in [-0.4, -0.2) is 29.6 Å². The standard InChI is InChI=1S/C19H28N4/c1-5-23(6-2)18-14-17(16-10-8-7-9-11-16)21-19(22-18)20-13-12-15(3)4/h7-11,14-15H,5-6,12-13H2,1-4H3,(H,20,21,22). The fraction of sp³-hybridized carbons (Fsp3) is 0.474. The van der Waals surface area contributed by atoms with Crippen molar-refractivity contribution in [2.45, 2.75) is 34.1 Å². The molecule has 0 fully saturated rings. The molecule has 124 valence electrons. The maximum atomic E-state index is 4.70. The topological polar surface area (TPSA) is 41.1 Å². The van der Waals surface area contributed by atoms with Gasteiger partial charge >= 0.3 is 0 Å². The minimum Gasteiger partial charge on any atom is -0.357 e. The summed E-state index contributed by atoms with van der Waals surface area (Å²) >= 11 is 0. The van der Waals surface area contributed by atoms with E-state index in [1.807, 2.05) is 18.2 Å². The molecule has 2 aromatic rings. The van der Waals surface area contributed by atoms with Crippen LogP contribution in [0.25, 0.3) is 11.3 Å². The molecule has 0 radical (unpaired) electrons. The van der Waals surface area contributed by atoms with Crippen molar-refractivity contribution in [1.29, 1.82) is 0 Å². The normalized spacial score (nSPS) is 10.8. The molecule has 0 amide bonds. The Morgan fingerprint density at radius 1 is 1.04 bits per heavy atom. The van der Waals surface area contributed by atoms with Gasteiger partial charge in [0.2, 0.25) is 5.95 Å². The first-order chi connectivity index (χ1) is 11.1. The summed E-state index contributed by atoms with van der Waals surface area (Å²) in [6, 6.07) is 12.4. The quantitative estimate of drug-likeness (QED) is 0.782. The Bertz CT molecular complexity index is 592. The smallest absolute Gasteiger partial charge is 0.225 e. The van der Waals surface area contributed by atoms with E-state index in [2.05, 4.69) is 56.1 Å². The summed E-state index contributed by atoms with van der Waals surface area (Å²) in [5.74, 6) is 2.37. The highest BCUT2D eigenvalue weighted by Gasteiger charge is 2.10. The molecule has 0 saturated heterocycles.